The lowest BCUT2D eigenvalue weighted by Crippen LogP contribution is -2.65. The monoisotopic (exact) mass is 239 g/mol. The van der Waals surface area contributed by atoms with Gasteiger partial charge in [0.1, 0.15) is 0 Å². The zero-order valence-corrected chi connectivity index (χ0v) is 12.0. The average Bonchev–Trinajstić information content (AvgIpc) is 2.32. The van der Waals surface area contributed by atoms with Gasteiger partial charge in [-0.05, 0) is 37.6 Å². The molecule has 0 aromatic carbocycles. The third-order valence-corrected chi connectivity index (χ3v) is 5.14. The minimum atomic E-state index is 0.376. The van der Waals surface area contributed by atoms with Crippen molar-refractivity contribution in [2.75, 3.05) is 26.8 Å². The Hall–Kier alpha value is -0.0800. The summed E-state index contributed by atoms with van der Waals surface area (Å²) in [6.45, 7) is 10.3. The number of hydrogen-bond donors (Lipinski definition) is 0. The Balaban J connectivity index is 2.24. The van der Waals surface area contributed by atoms with Crippen LogP contribution < -0.4 is 0 Å². The van der Waals surface area contributed by atoms with Crippen LogP contribution in [0.25, 0.3) is 0 Å². The minimum Gasteiger partial charge on any atom is -0.377 e. The lowest BCUT2D eigenvalue weighted by atomic mass is 9.69. The normalized spacial score (nSPS) is 37.8. The molecule has 2 saturated heterocycles. The van der Waals surface area contributed by atoms with Crippen LogP contribution in [0, 0.1) is 17.8 Å². The van der Waals surface area contributed by atoms with Gasteiger partial charge in [-0.25, -0.2) is 0 Å². The highest BCUT2D eigenvalue weighted by Crippen LogP contribution is 2.45. The van der Waals surface area contributed by atoms with Gasteiger partial charge in [-0.2, -0.15) is 0 Å². The predicted octanol–water partition coefficient (Wildman–Crippen LogP) is 3.17. The lowest BCUT2D eigenvalue weighted by molar-refractivity contribution is -0.168. The zero-order chi connectivity index (χ0) is 12.5. The summed E-state index contributed by atoms with van der Waals surface area (Å²) < 4.78 is 5.60. The number of hydrogen-bond acceptors (Lipinski definition) is 2. The SMILES string of the molecule is CCCC1C(CC)CC(C)CN(C)C12COC2. The van der Waals surface area contributed by atoms with Crippen molar-refractivity contribution in [2.24, 2.45) is 17.8 Å². The first kappa shape index (κ1) is 13.4. The van der Waals surface area contributed by atoms with Crippen LogP contribution in [0.5, 0.6) is 0 Å². The van der Waals surface area contributed by atoms with Gasteiger partial charge < -0.3 is 4.74 Å². The van der Waals surface area contributed by atoms with Gasteiger partial charge >= 0.3 is 0 Å². The first-order valence-electron chi connectivity index (χ1n) is 7.43. The number of rotatable bonds is 3. The molecular formula is C15H29NO. The van der Waals surface area contributed by atoms with E-state index in [9.17, 15) is 0 Å². The number of ether oxygens (including phenoxy) is 1. The summed E-state index contributed by atoms with van der Waals surface area (Å²) in [6, 6.07) is 0. The standard InChI is InChI=1S/C15H29NO/c1-5-7-14-13(6-2)8-12(3)9-16(4)15(14)10-17-11-15/h12-14H,5-11H2,1-4H3. The molecule has 1 spiro atoms. The molecule has 0 bridgehead atoms. The second-order valence-electron chi connectivity index (χ2n) is 6.38. The van der Waals surface area contributed by atoms with E-state index < -0.39 is 0 Å². The van der Waals surface area contributed by atoms with Gasteiger partial charge in [-0.1, -0.05) is 33.6 Å². The maximum Gasteiger partial charge on any atom is 0.0707 e. The molecule has 0 radical (unpaired) electrons. The molecule has 2 heteroatoms. The Morgan fingerprint density at radius 3 is 2.47 bits per heavy atom. The van der Waals surface area contributed by atoms with Crippen molar-refractivity contribution < 1.29 is 4.74 Å². The maximum absolute atomic E-state index is 5.60. The maximum atomic E-state index is 5.60. The molecule has 0 amide bonds. The van der Waals surface area contributed by atoms with E-state index in [2.05, 4.69) is 32.7 Å². The molecule has 0 aromatic rings. The van der Waals surface area contributed by atoms with Gasteiger partial charge in [-0.3, -0.25) is 4.90 Å². The number of nitrogens with zero attached hydrogens (tertiary/aromatic N) is 1. The first-order valence-corrected chi connectivity index (χ1v) is 7.43. The molecule has 2 aliphatic heterocycles. The van der Waals surface area contributed by atoms with E-state index in [1.165, 1.54) is 32.2 Å². The van der Waals surface area contributed by atoms with Crippen LogP contribution in [-0.2, 0) is 4.74 Å². The van der Waals surface area contributed by atoms with Crippen molar-refractivity contribution in [1.82, 2.24) is 4.90 Å². The molecule has 3 unspecified atom stereocenters. The molecule has 0 saturated carbocycles. The molecule has 2 nitrogen and oxygen atoms in total. The summed E-state index contributed by atoms with van der Waals surface area (Å²) >= 11 is 0. The van der Waals surface area contributed by atoms with Crippen molar-refractivity contribution in [3.63, 3.8) is 0 Å². The van der Waals surface area contributed by atoms with Crippen LogP contribution in [0.1, 0.15) is 46.5 Å². The summed E-state index contributed by atoms with van der Waals surface area (Å²) in [5, 5.41) is 0. The van der Waals surface area contributed by atoms with Crippen molar-refractivity contribution in [3.8, 4) is 0 Å². The number of likely N-dealkylation sites (tertiary alicyclic amines) is 1. The summed E-state index contributed by atoms with van der Waals surface area (Å²) in [7, 11) is 2.32. The van der Waals surface area contributed by atoms with Gasteiger partial charge in [0.05, 0.1) is 18.8 Å². The highest BCUT2D eigenvalue weighted by atomic mass is 16.5. The third-order valence-electron chi connectivity index (χ3n) is 5.14. The van der Waals surface area contributed by atoms with E-state index in [0.29, 0.717) is 5.54 Å². The summed E-state index contributed by atoms with van der Waals surface area (Å²) in [6.07, 6.45) is 5.43. The topological polar surface area (TPSA) is 12.5 Å². The molecule has 3 atom stereocenters. The van der Waals surface area contributed by atoms with Crippen LogP contribution in [0.3, 0.4) is 0 Å². The van der Waals surface area contributed by atoms with E-state index in [1.807, 2.05) is 0 Å². The Morgan fingerprint density at radius 2 is 2.00 bits per heavy atom. The smallest absolute Gasteiger partial charge is 0.0707 e. The van der Waals surface area contributed by atoms with Gasteiger partial charge in [0.25, 0.3) is 0 Å². The zero-order valence-electron chi connectivity index (χ0n) is 12.0. The second-order valence-corrected chi connectivity index (χ2v) is 6.38. The fourth-order valence-corrected chi connectivity index (χ4v) is 4.14. The van der Waals surface area contributed by atoms with Crippen LogP contribution in [0.4, 0.5) is 0 Å². The highest BCUT2D eigenvalue weighted by molar-refractivity contribution is 5.04. The Bertz CT molecular complexity index is 249. The van der Waals surface area contributed by atoms with Crippen LogP contribution in [-0.4, -0.2) is 37.2 Å². The molecule has 17 heavy (non-hydrogen) atoms. The molecule has 100 valence electrons. The molecule has 0 aliphatic carbocycles. The van der Waals surface area contributed by atoms with E-state index in [4.69, 9.17) is 4.74 Å². The molecule has 0 N–H and O–H groups in total. The first-order chi connectivity index (χ1) is 8.14. The van der Waals surface area contributed by atoms with E-state index in [0.717, 1.165) is 31.0 Å². The largest absolute Gasteiger partial charge is 0.377 e. The van der Waals surface area contributed by atoms with Gasteiger partial charge in [0.2, 0.25) is 0 Å². The van der Waals surface area contributed by atoms with Crippen molar-refractivity contribution >= 4 is 0 Å². The Morgan fingerprint density at radius 1 is 1.29 bits per heavy atom. The molecule has 2 aliphatic rings. The predicted molar refractivity (Wildman–Crippen MR) is 72.1 cm³/mol. The Labute approximate surface area is 107 Å². The van der Waals surface area contributed by atoms with Crippen molar-refractivity contribution in [3.05, 3.63) is 0 Å². The van der Waals surface area contributed by atoms with Crippen LogP contribution in [0.15, 0.2) is 0 Å². The Kier molecular flexibility index (Phi) is 4.14. The molecule has 2 rings (SSSR count). The minimum absolute atomic E-state index is 0.376. The average molecular weight is 239 g/mol. The quantitative estimate of drug-likeness (QED) is 0.750. The van der Waals surface area contributed by atoms with Gasteiger partial charge in [0.15, 0.2) is 0 Å². The lowest BCUT2D eigenvalue weighted by Gasteiger charge is -2.53. The fourth-order valence-electron chi connectivity index (χ4n) is 4.14. The molecule has 0 aromatic heterocycles. The van der Waals surface area contributed by atoms with E-state index >= 15 is 0 Å². The summed E-state index contributed by atoms with van der Waals surface area (Å²) in [5.41, 5.74) is 0.376. The van der Waals surface area contributed by atoms with Gasteiger partial charge in [0, 0.05) is 6.54 Å². The van der Waals surface area contributed by atoms with Crippen LogP contribution >= 0.6 is 0 Å². The molecule has 2 fully saturated rings. The fraction of sp³-hybridized carbons (Fsp3) is 1.00. The van der Waals surface area contributed by atoms with Crippen LogP contribution in [0.2, 0.25) is 0 Å². The molecular weight excluding hydrogens is 210 g/mol. The van der Waals surface area contributed by atoms with E-state index in [-0.39, 0.29) is 0 Å². The van der Waals surface area contributed by atoms with Gasteiger partial charge in [-0.15, -0.1) is 0 Å². The van der Waals surface area contributed by atoms with Crippen molar-refractivity contribution in [2.45, 2.75) is 52.0 Å². The second kappa shape index (κ2) is 5.27. The summed E-state index contributed by atoms with van der Waals surface area (Å²) in [5.74, 6) is 2.59. The van der Waals surface area contributed by atoms with Crippen molar-refractivity contribution in [1.29, 1.82) is 0 Å². The molecule has 2 heterocycles. The summed E-state index contributed by atoms with van der Waals surface area (Å²) in [4.78, 5) is 2.62. The highest BCUT2D eigenvalue weighted by Gasteiger charge is 2.52. The third kappa shape index (κ3) is 2.26. The van der Waals surface area contributed by atoms with E-state index in [1.54, 1.807) is 0 Å². The number of likely N-dealkylation sites (N-methyl/N-ethyl adjacent to an activating group) is 1.